The maximum Gasteiger partial charge on any atom is 0.227 e. The first-order valence-corrected chi connectivity index (χ1v) is 8.21. The monoisotopic (exact) mass is 344 g/mol. The molecule has 1 aromatic heterocycles. The topological polar surface area (TPSA) is 72.2 Å². The maximum absolute atomic E-state index is 11.5. The number of sulfone groups is 1. The van der Waals surface area contributed by atoms with Gasteiger partial charge in [-0.15, -0.1) is 0 Å². The van der Waals surface area contributed by atoms with Crippen LogP contribution in [0.4, 0.5) is 0 Å². The van der Waals surface area contributed by atoms with Crippen LogP contribution in [0.2, 0.25) is 0 Å². The van der Waals surface area contributed by atoms with E-state index in [0.29, 0.717) is 5.56 Å². The normalized spacial score (nSPS) is 13.4. The van der Waals surface area contributed by atoms with E-state index in [0.717, 1.165) is 10.7 Å². The van der Waals surface area contributed by atoms with Gasteiger partial charge in [-0.25, -0.2) is 13.4 Å². The van der Waals surface area contributed by atoms with Gasteiger partial charge in [0.25, 0.3) is 0 Å². The predicted molar refractivity (Wildman–Crippen MR) is 74.4 cm³/mol. The molecule has 1 atom stereocenters. The summed E-state index contributed by atoms with van der Waals surface area (Å²) >= 11 is 3.36. The smallest absolute Gasteiger partial charge is 0.227 e. The van der Waals surface area contributed by atoms with Gasteiger partial charge in [-0.3, -0.25) is 0 Å². The summed E-state index contributed by atoms with van der Waals surface area (Å²) in [6.07, 6.45) is 3.22. The van der Waals surface area contributed by atoms with E-state index in [2.05, 4.69) is 20.9 Å². The molecule has 2 aromatic rings. The lowest BCUT2D eigenvalue weighted by atomic mass is 10.1. The fourth-order valence-electron chi connectivity index (χ4n) is 1.79. The van der Waals surface area contributed by atoms with Crippen molar-refractivity contribution in [2.24, 2.45) is 0 Å². The molecule has 102 valence electrons. The summed E-state index contributed by atoms with van der Waals surface area (Å²) in [6, 6.07) is 7.27. The van der Waals surface area contributed by atoms with Gasteiger partial charge in [-0.1, -0.05) is 34.1 Å². The number of aromatic nitrogens is 2. The van der Waals surface area contributed by atoms with Crippen molar-refractivity contribution in [1.29, 1.82) is 0 Å². The predicted octanol–water partition coefficient (Wildman–Crippen LogP) is 1.78. The van der Waals surface area contributed by atoms with Gasteiger partial charge in [-0.05, 0) is 11.6 Å². The number of hydrogen-bond donors (Lipinski definition) is 1. The first-order valence-electron chi connectivity index (χ1n) is 5.53. The highest BCUT2D eigenvalue weighted by Gasteiger charge is 2.18. The Hall–Kier alpha value is -1.18. The molecule has 0 amide bonds. The van der Waals surface area contributed by atoms with Crippen LogP contribution in [0.25, 0.3) is 0 Å². The highest BCUT2D eigenvalue weighted by molar-refractivity contribution is 9.10. The van der Waals surface area contributed by atoms with Crippen molar-refractivity contribution in [3.05, 3.63) is 46.7 Å². The standard InChI is InChI=1S/C12H13BrN2O3S/c1-19(17,18)12-14-6-7-15(12)8-11(16)9-4-2-3-5-10(9)13/h2-7,11,16H,8H2,1H3. The van der Waals surface area contributed by atoms with Crippen LogP contribution in [0.3, 0.4) is 0 Å². The van der Waals surface area contributed by atoms with E-state index in [4.69, 9.17) is 0 Å². The molecule has 0 saturated carbocycles. The molecule has 0 radical (unpaired) electrons. The number of halogens is 1. The lowest BCUT2D eigenvalue weighted by Crippen LogP contribution is -2.14. The summed E-state index contributed by atoms with van der Waals surface area (Å²) in [5, 5.41) is 10.1. The molecular formula is C12H13BrN2O3S. The molecule has 1 aromatic carbocycles. The Morgan fingerprint density at radius 2 is 2.11 bits per heavy atom. The van der Waals surface area contributed by atoms with Crippen molar-refractivity contribution in [3.63, 3.8) is 0 Å². The average molecular weight is 345 g/mol. The Morgan fingerprint density at radius 1 is 1.42 bits per heavy atom. The number of aliphatic hydroxyl groups excluding tert-OH is 1. The molecule has 0 bridgehead atoms. The number of nitrogens with zero attached hydrogens (tertiary/aromatic N) is 2. The molecule has 1 unspecified atom stereocenters. The van der Waals surface area contributed by atoms with Crippen LogP contribution in [0, 0.1) is 0 Å². The van der Waals surface area contributed by atoms with Crippen LogP contribution < -0.4 is 0 Å². The Morgan fingerprint density at radius 3 is 2.74 bits per heavy atom. The van der Waals surface area contributed by atoms with Gasteiger partial charge in [0, 0.05) is 23.1 Å². The van der Waals surface area contributed by atoms with Gasteiger partial charge in [0.15, 0.2) is 0 Å². The fraction of sp³-hybridized carbons (Fsp3) is 0.250. The first kappa shape index (κ1) is 14.2. The minimum Gasteiger partial charge on any atom is -0.386 e. The molecule has 2 rings (SSSR count). The lowest BCUT2D eigenvalue weighted by molar-refractivity contribution is 0.152. The molecule has 0 aliphatic rings. The van der Waals surface area contributed by atoms with Crippen molar-refractivity contribution in [2.45, 2.75) is 17.8 Å². The van der Waals surface area contributed by atoms with Gasteiger partial charge in [0.2, 0.25) is 15.0 Å². The zero-order chi connectivity index (χ0) is 14.0. The third-order valence-corrected chi connectivity index (χ3v) is 4.37. The van der Waals surface area contributed by atoms with Crippen molar-refractivity contribution in [1.82, 2.24) is 9.55 Å². The lowest BCUT2D eigenvalue weighted by Gasteiger charge is -2.14. The van der Waals surface area contributed by atoms with Gasteiger partial charge < -0.3 is 9.67 Å². The molecule has 0 aliphatic carbocycles. The van der Waals surface area contributed by atoms with E-state index >= 15 is 0 Å². The van der Waals surface area contributed by atoms with Gasteiger partial charge in [0.05, 0.1) is 12.6 Å². The second-order valence-corrected chi connectivity index (χ2v) is 6.94. The fourth-order valence-corrected chi connectivity index (χ4v) is 3.16. The summed E-state index contributed by atoms with van der Waals surface area (Å²) < 4.78 is 25.3. The molecule has 1 heterocycles. The molecule has 7 heteroatoms. The second kappa shape index (κ2) is 5.44. The number of rotatable bonds is 4. The maximum atomic E-state index is 11.5. The van der Waals surface area contributed by atoms with Crippen molar-refractivity contribution in [2.75, 3.05) is 6.26 Å². The molecular weight excluding hydrogens is 332 g/mol. The molecule has 0 saturated heterocycles. The number of benzene rings is 1. The van der Waals surface area contributed by atoms with Gasteiger partial charge in [0.1, 0.15) is 0 Å². The van der Waals surface area contributed by atoms with Crippen molar-refractivity contribution < 1.29 is 13.5 Å². The largest absolute Gasteiger partial charge is 0.386 e. The van der Waals surface area contributed by atoms with E-state index in [1.807, 2.05) is 18.2 Å². The van der Waals surface area contributed by atoms with E-state index in [-0.39, 0.29) is 11.7 Å². The Labute approximate surface area is 120 Å². The third-order valence-electron chi connectivity index (χ3n) is 2.64. The van der Waals surface area contributed by atoms with Crippen LogP contribution in [0.5, 0.6) is 0 Å². The van der Waals surface area contributed by atoms with Crippen LogP contribution in [0.1, 0.15) is 11.7 Å². The molecule has 0 fully saturated rings. The zero-order valence-electron chi connectivity index (χ0n) is 10.2. The van der Waals surface area contributed by atoms with E-state index in [1.54, 1.807) is 6.07 Å². The SMILES string of the molecule is CS(=O)(=O)c1nccn1CC(O)c1ccccc1Br. The quantitative estimate of drug-likeness (QED) is 0.917. The van der Waals surface area contributed by atoms with Gasteiger partial charge in [-0.2, -0.15) is 0 Å². The summed E-state index contributed by atoms with van der Waals surface area (Å²) in [5.41, 5.74) is 0.704. The number of imidazole rings is 1. The second-order valence-electron chi connectivity index (χ2n) is 4.17. The number of hydrogen-bond acceptors (Lipinski definition) is 4. The molecule has 1 N–H and O–H groups in total. The summed E-state index contributed by atoms with van der Waals surface area (Å²) in [6.45, 7) is 0.130. The zero-order valence-corrected chi connectivity index (χ0v) is 12.6. The molecule has 0 aliphatic heterocycles. The van der Waals surface area contributed by atoms with Crippen LogP contribution in [-0.2, 0) is 16.4 Å². The van der Waals surface area contributed by atoms with E-state index in [1.165, 1.54) is 17.0 Å². The minimum absolute atomic E-state index is 0.0430. The Balaban J connectivity index is 2.28. The molecule has 5 nitrogen and oxygen atoms in total. The van der Waals surface area contributed by atoms with E-state index in [9.17, 15) is 13.5 Å². The average Bonchev–Trinajstić information content (AvgIpc) is 2.77. The van der Waals surface area contributed by atoms with Crippen LogP contribution >= 0.6 is 15.9 Å². The number of aliphatic hydroxyl groups is 1. The van der Waals surface area contributed by atoms with Crippen molar-refractivity contribution in [3.8, 4) is 0 Å². The Bertz CT molecular complexity index is 682. The van der Waals surface area contributed by atoms with Crippen molar-refractivity contribution >= 4 is 25.8 Å². The Kier molecular flexibility index (Phi) is 4.07. The van der Waals surface area contributed by atoms with Crippen LogP contribution in [0.15, 0.2) is 46.3 Å². The highest BCUT2D eigenvalue weighted by Crippen LogP contribution is 2.24. The molecule has 0 spiro atoms. The highest BCUT2D eigenvalue weighted by atomic mass is 79.9. The minimum atomic E-state index is -3.40. The summed E-state index contributed by atoms with van der Waals surface area (Å²) in [4.78, 5) is 3.81. The first-order chi connectivity index (χ1) is 8.89. The summed E-state index contributed by atoms with van der Waals surface area (Å²) in [7, 11) is -3.40. The van der Waals surface area contributed by atoms with Crippen LogP contribution in [-0.4, -0.2) is 29.3 Å². The summed E-state index contributed by atoms with van der Waals surface area (Å²) in [5.74, 6) is 0. The van der Waals surface area contributed by atoms with Gasteiger partial charge >= 0.3 is 0 Å². The molecule has 19 heavy (non-hydrogen) atoms. The van der Waals surface area contributed by atoms with E-state index < -0.39 is 15.9 Å². The third kappa shape index (κ3) is 3.23.